The Labute approximate surface area is 164 Å². The fraction of sp³-hybridized carbons (Fsp3) is 0.381. The number of carbonyl (C=O) groups excluding carboxylic acids is 1. The molecule has 0 radical (unpaired) electrons. The van der Waals surface area contributed by atoms with E-state index in [0.717, 1.165) is 16.7 Å². The average molecular weight is 387 g/mol. The lowest BCUT2D eigenvalue weighted by Gasteiger charge is -2.22. The molecule has 0 aromatic heterocycles. The van der Waals surface area contributed by atoms with Gasteiger partial charge < -0.3 is 29.4 Å². The van der Waals surface area contributed by atoms with Gasteiger partial charge in [0.05, 0.1) is 34.5 Å². The summed E-state index contributed by atoms with van der Waals surface area (Å²) in [6.45, 7) is 1.46. The van der Waals surface area contributed by atoms with E-state index in [9.17, 15) is 9.90 Å². The Bertz CT molecular complexity index is 908. The van der Waals surface area contributed by atoms with Crippen LogP contribution in [0.25, 0.3) is 11.1 Å². The highest BCUT2D eigenvalue weighted by Gasteiger charge is 2.32. The standard InChI is InChI=1S/C21H25NO6/c1-11(23)22-14-8-6-12-10-16(26-3)20(27-4)21(28-5)17(12)13-7-9-15(25-2)19(24)18(13)14/h7,9-10,14,24H,6,8H2,1-5H3,(H,22,23)/t14-/m1/s1. The number of ether oxygens (including phenoxy) is 4. The van der Waals surface area contributed by atoms with Gasteiger partial charge in [0.2, 0.25) is 11.7 Å². The molecule has 2 N–H and O–H groups in total. The Kier molecular flexibility index (Phi) is 5.53. The highest BCUT2D eigenvalue weighted by atomic mass is 16.5. The van der Waals surface area contributed by atoms with Gasteiger partial charge in [-0.05, 0) is 42.2 Å². The van der Waals surface area contributed by atoms with Crippen molar-refractivity contribution in [1.29, 1.82) is 0 Å². The maximum absolute atomic E-state index is 11.8. The minimum absolute atomic E-state index is 0.00318. The molecule has 0 heterocycles. The van der Waals surface area contributed by atoms with Crippen LogP contribution in [0.5, 0.6) is 28.7 Å². The number of methoxy groups -OCH3 is 4. The van der Waals surface area contributed by atoms with E-state index in [4.69, 9.17) is 18.9 Å². The molecule has 3 rings (SSSR count). The first-order valence-corrected chi connectivity index (χ1v) is 8.95. The molecule has 7 heteroatoms. The van der Waals surface area contributed by atoms with Crippen molar-refractivity contribution in [3.63, 3.8) is 0 Å². The zero-order valence-corrected chi connectivity index (χ0v) is 16.7. The van der Waals surface area contributed by atoms with Crippen molar-refractivity contribution in [3.8, 4) is 39.9 Å². The number of rotatable bonds is 5. The van der Waals surface area contributed by atoms with E-state index in [1.807, 2.05) is 12.1 Å². The van der Waals surface area contributed by atoms with Crippen LogP contribution < -0.4 is 24.3 Å². The Morgan fingerprint density at radius 2 is 1.71 bits per heavy atom. The quantitative estimate of drug-likeness (QED) is 0.819. The molecule has 150 valence electrons. The van der Waals surface area contributed by atoms with Crippen LogP contribution in [0.15, 0.2) is 18.2 Å². The van der Waals surface area contributed by atoms with E-state index in [2.05, 4.69) is 5.32 Å². The average Bonchev–Trinajstić information content (AvgIpc) is 2.83. The molecular formula is C21H25NO6. The summed E-state index contributed by atoms with van der Waals surface area (Å²) in [5.74, 6) is 1.73. The molecule has 0 aliphatic heterocycles. The van der Waals surface area contributed by atoms with E-state index >= 15 is 0 Å². The molecule has 0 spiro atoms. The molecule has 1 aliphatic carbocycles. The number of aryl methyl sites for hydroxylation is 1. The minimum atomic E-state index is -0.378. The van der Waals surface area contributed by atoms with Gasteiger partial charge in [-0.1, -0.05) is 0 Å². The highest BCUT2D eigenvalue weighted by Crippen LogP contribution is 2.53. The van der Waals surface area contributed by atoms with Crippen molar-refractivity contribution in [2.45, 2.75) is 25.8 Å². The lowest BCUT2D eigenvalue weighted by Crippen LogP contribution is -2.26. The molecule has 0 bridgehead atoms. The summed E-state index contributed by atoms with van der Waals surface area (Å²) in [6, 6.07) is 5.10. The van der Waals surface area contributed by atoms with Crippen LogP contribution >= 0.6 is 0 Å². The van der Waals surface area contributed by atoms with Gasteiger partial charge in [-0.15, -0.1) is 0 Å². The first kappa shape index (κ1) is 19.7. The molecule has 1 aliphatic rings. The number of phenolic OH excluding ortho intramolecular Hbond substituents is 1. The number of amides is 1. The van der Waals surface area contributed by atoms with Crippen LogP contribution in [0, 0.1) is 0 Å². The number of nitrogens with one attached hydrogen (secondary N) is 1. The SMILES string of the molecule is COc1ccc2c(c1O)[C@H](NC(C)=O)CCc1cc(OC)c(OC)c(OC)c1-2. The molecular weight excluding hydrogens is 362 g/mol. The normalized spacial score (nSPS) is 15.0. The highest BCUT2D eigenvalue weighted by molar-refractivity contribution is 5.85. The maximum atomic E-state index is 11.8. The van der Waals surface area contributed by atoms with Gasteiger partial charge in [0, 0.05) is 18.1 Å². The second-order valence-electron chi connectivity index (χ2n) is 6.55. The third kappa shape index (κ3) is 3.17. The number of benzene rings is 2. The van der Waals surface area contributed by atoms with Crippen LogP contribution in [0.2, 0.25) is 0 Å². The van der Waals surface area contributed by atoms with Gasteiger partial charge in [0.15, 0.2) is 23.0 Å². The molecule has 0 saturated carbocycles. The van der Waals surface area contributed by atoms with Gasteiger partial charge in [0.25, 0.3) is 0 Å². The van der Waals surface area contributed by atoms with Crippen molar-refractivity contribution in [1.82, 2.24) is 5.32 Å². The first-order chi connectivity index (χ1) is 13.5. The third-order valence-corrected chi connectivity index (χ3v) is 5.01. The van der Waals surface area contributed by atoms with Gasteiger partial charge in [0.1, 0.15) is 0 Å². The molecule has 7 nitrogen and oxygen atoms in total. The monoisotopic (exact) mass is 387 g/mol. The summed E-state index contributed by atoms with van der Waals surface area (Å²) < 4.78 is 22.0. The summed E-state index contributed by atoms with van der Waals surface area (Å²) in [5.41, 5.74) is 3.13. The molecule has 0 fully saturated rings. The van der Waals surface area contributed by atoms with Crippen LogP contribution in [-0.4, -0.2) is 39.5 Å². The predicted molar refractivity (Wildman–Crippen MR) is 105 cm³/mol. The van der Waals surface area contributed by atoms with Crippen molar-refractivity contribution < 1.29 is 28.8 Å². The number of fused-ring (bicyclic) bond motifs is 3. The summed E-state index contributed by atoms with van der Waals surface area (Å²) in [4.78, 5) is 11.8. The van der Waals surface area contributed by atoms with E-state index in [1.54, 1.807) is 27.4 Å². The van der Waals surface area contributed by atoms with E-state index in [1.165, 1.54) is 14.0 Å². The Morgan fingerprint density at radius 3 is 2.29 bits per heavy atom. The number of phenols is 1. The van der Waals surface area contributed by atoms with Crippen LogP contribution in [-0.2, 0) is 11.2 Å². The second kappa shape index (κ2) is 7.88. The van der Waals surface area contributed by atoms with Gasteiger partial charge >= 0.3 is 0 Å². The zero-order chi connectivity index (χ0) is 20.4. The molecule has 2 aromatic rings. The van der Waals surface area contributed by atoms with E-state index in [-0.39, 0.29) is 17.7 Å². The summed E-state index contributed by atoms with van der Waals surface area (Å²) in [6.07, 6.45) is 1.24. The largest absolute Gasteiger partial charge is 0.504 e. The molecule has 2 aromatic carbocycles. The topological polar surface area (TPSA) is 86.3 Å². The van der Waals surface area contributed by atoms with E-state index in [0.29, 0.717) is 41.4 Å². The fourth-order valence-electron chi connectivity index (χ4n) is 3.86. The van der Waals surface area contributed by atoms with Crippen LogP contribution in [0.3, 0.4) is 0 Å². The lowest BCUT2D eigenvalue weighted by atomic mass is 9.92. The first-order valence-electron chi connectivity index (χ1n) is 8.95. The number of hydrogen-bond acceptors (Lipinski definition) is 6. The number of hydrogen-bond donors (Lipinski definition) is 2. The molecule has 1 amide bonds. The molecule has 28 heavy (non-hydrogen) atoms. The Morgan fingerprint density at radius 1 is 1.04 bits per heavy atom. The smallest absolute Gasteiger partial charge is 0.217 e. The van der Waals surface area contributed by atoms with Gasteiger partial charge in [-0.25, -0.2) is 0 Å². The molecule has 0 saturated heterocycles. The fourth-order valence-corrected chi connectivity index (χ4v) is 3.86. The Hall–Kier alpha value is -3.09. The maximum Gasteiger partial charge on any atom is 0.217 e. The number of carbonyl (C=O) groups is 1. The second-order valence-corrected chi connectivity index (χ2v) is 6.55. The van der Waals surface area contributed by atoms with Crippen LogP contribution in [0.1, 0.15) is 30.5 Å². The van der Waals surface area contributed by atoms with Gasteiger partial charge in [-0.3, -0.25) is 4.79 Å². The van der Waals surface area contributed by atoms with Gasteiger partial charge in [-0.2, -0.15) is 0 Å². The molecule has 1 atom stereocenters. The Balaban J connectivity index is 2.37. The zero-order valence-electron chi connectivity index (χ0n) is 16.7. The summed E-state index contributed by atoms with van der Waals surface area (Å²) >= 11 is 0. The minimum Gasteiger partial charge on any atom is -0.504 e. The van der Waals surface area contributed by atoms with Crippen molar-refractivity contribution in [3.05, 3.63) is 29.3 Å². The van der Waals surface area contributed by atoms with Crippen LogP contribution in [0.4, 0.5) is 0 Å². The van der Waals surface area contributed by atoms with Crippen molar-refractivity contribution >= 4 is 5.91 Å². The van der Waals surface area contributed by atoms with Crippen molar-refractivity contribution in [2.24, 2.45) is 0 Å². The predicted octanol–water partition coefficient (Wildman–Crippen LogP) is 3.22. The lowest BCUT2D eigenvalue weighted by molar-refractivity contribution is -0.119. The number of aromatic hydroxyl groups is 1. The molecule has 0 unspecified atom stereocenters. The summed E-state index contributed by atoms with van der Waals surface area (Å²) in [5, 5.41) is 13.8. The third-order valence-electron chi connectivity index (χ3n) is 5.01. The van der Waals surface area contributed by atoms with Crippen molar-refractivity contribution in [2.75, 3.05) is 28.4 Å². The van der Waals surface area contributed by atoms with E-state index < -0.39 is 0 Å². The summed E-state index contributed by atoms with van der Waals surface area (Å²) in [7, 11) is 6.19.